The molecule has 1 N–H and O–H groups in total. The van der Waals surface area contributed by atoms with Crippen molar-refractivity contribution in [2.24, 2.45) is 0 Å². The number of aryl methyl sites for hydroxylation is 1. The van der Waals surface area contributed by atoms with Gasteiger partial charge in [-0.3, -0.25) is 4.79 Å². The van der Waals surface area contributed by atoms with Crippen LogP contribution in [0.25, 0.3) is 0 Å². The Morgan fingerprint density at radius 2 is 1.86 bits per heavy atom. The fraction of sp³-hybridized carbons (Fsp3) is 0.190. The summed E-state index contributed by atoms with van der Waals surface area (Å²) in [6.45, 7) is 2.18. The zero-order valence-corrected chi connectivity index (χ0v) is 17.6. The van der Waals surface area contributed by atoms with Gasteiger partial charge in [-0.2, -0.15) is 0 Å². The molecule has 0 saturated heterocycles. The minimum Gasteiger partial charge on any atom is -0.468 e. The van der Waals surface area contributed by atoms with Crippen LogP contribution in [-0.4, -0.2) is 26.3 Å². The average molecular weight is 433 g/mol. The largest absolute Gasteiger partial charge is 0.468 e. The van der Waals surface area contributed by atoms with E-state index in [-0.39, 0.29) is 17.3 Å². The van der Waals surface area contributed by atoms with E-state index in [9.17, 15) is 13.2 Å². The summed E-state index contributed by atoms with van der Waals surface area (Å²) in [6.07, 6.45) is 1.48. The Hall–Kier alpha value is -2.61. The molecular weight excluding hydrogens is 412 g/mol. The highest BCUT2D eigenvalue weighted by Crippen LogP contribution is 2.19. The van der Waals surface area contributed by atoms with E-state index in [0.717, 1.165) is 5.56 Å². The van der Waals surface area contributed by atoms with Gasteiger partial charge in [-0.05, 0) is 54.4 Å². The Kier molecular flexibility index (Phi) is 6.42. The highest BCUT2D eigenvalue weighted by atomic mass is 35.5. The predicted octanol–water partition coefficient (Wildman–Crippen LogP) is 3.99. The molecule has 0 aliphatic rings. The number of hydrogen-bond acceptors (Lipinski definition) is 4. The molecule has 0 unspecified atom stereocenters. The first kappa shape index (κ1) is 21.1. The smallest absolute Gasteiger partial charge is 0.254 e. The number of rotatable bonds is 7. The zero-order chi connectivity index (χ0) is 21.0. The standard InChI is InChI=1S/C21H21ClN2O4S/c1-15-5-10-19(29(26,27)23-13-18-4-3-11-28-18)12-20(15)21(25)24(2)14-16-6-8-17(22)9-7-16/h3-12,23H,13-14H2,1-2H3. The van der Waals surface area contributed by atoms with Crippen LogP contribution in [-0.2, 0) is 23.1 Å². The maximum atomic E-state index is 12.9. The molecule has 1 amide bonds. The Morgan fingerprint density at radius 3 is 2.52 bits per heavy atom. The average Bonchev–Trinajstić information content (AvgIpc) is 3.21. The maximum Gasteiger partial charge on any atom is 0.254 e. The Labute approximate surface area is 175 Å². The van der Waals surface area contributed by atoms with E-state index in [1.807, 2.05) is 12.1 Å². The second-order valence-corrected chi connectivity index (χ2v) is 8.87. The van der Waals surface area contributed by atoms with Crippen molar-refractivity contribution in [2.75, 3.05) is 7.05 Å². The molecule has 2 aromatic carbocycles. The molecule has 152 valence electrons. The van der Waals surface area contributed by atoms with Crippen LogP contribution in [0.3, 0.4) is 0 Å². The van der Waals surface area contributed by atoms with Crippen molar-refractivity contribution in [1.82, 2.24) is 9.62 Å². The number of hydrogen-bond donors (Lipinski definition) is 1. The third-order valence-corrected chi connectivity index (χ3v) is 6.10. The molecule has 8 heteroatoms. The lowest BCUT2D eigenvalue weighted by atomic mass is 10.1. The summed E-state index contributed by atoms with van der Waals surface area (Å²) in [5.74, 6) is 0.236. The predicted molar refractivity (Wildman–Crippen MR) is 111 cm³/mol. The molecular formula is C21H21ClN2O4S. The number of nitrogens with zero attached hydrogens (tertiary/aromatic N) is 1. The zero-order valence-electron chi connectivity index (χ0n) is 16.1. The number of furan rings is 1. The first-order valence-corrected chi connectivity index (χ1v) is 10.7. The Morgan fingerprint density at radius 1 is 1.14 bits per heavy atom. The normalized spacial score (nSPS) is 11.4. The molecule has 0 spiro atoms. The minimum atomic E-state index is -3.79. The summed E-state index contributed by atoms with van der Waals surface area (Å²) < 4.78 is 32.9. The molecule has 0 radical (unpaired) electrons. The van der Waals surface area contributed by atoms with Gasteiger partial charge in [0, 0.05) is 24.2 Å². The van der Waals surface area contributed by atoms with Gasteiger partial charge in [0.15, 0.2) is 0 Å². The van der Waals surface area contributed by atoms with E-state index in [0.29, 0.717) is 28.5 Å². The van der Waals surface area contributed by atoms with Crippen LogP contribution in [0.5, 0.6) is 0 Å². The van der Waals surface area contributed by atoms with Gasteiger partial charge in [-0.25, -0.2) is 13.1 Å². The molecule has 3 rings (SSSR count). The fourth-order valence-corrected chi connectivity index (χ4v) is 3.95. The van der Waals surface area contributed by atoms with E-state index in [1.165, 1.54) is 23.3 Å². The summed E-state index contributed by atoms with van der Waals surface area (Å²) in [5.41, 5.74) is 1.96. The van der Waals surface area contributed by atoms with Gasteiger partial charge in [0.2, 0.25) is 10.0 Å². The summed E-state index contributed by atoms with van der Waals surface area (Å²) in [5, 5.41) is 0.624. The molecule has 0 fully saturated rings. The number of amides is 1. The van der Waals surface area contributed by atoms with E-state index >= 15 is 0 Å². The topological polar surface area (TPSA) is 79.6 Å². The molecule has 6 nitrogen and oxygen atoms in total. The molecule has 0 saturated carbocycles. The number of sulfonamides is 1. The summed E-state index contributed by atoms with van der Waals surface area (Å²) >= 11 is 5.90. The second-order valence-electron chi connectivity index (χ2n) is 6.67. The van der Waals surface area contributed by atoms with Gasteiger partial charge in [-0.15, -0.1) is 0 Å². The highest BCUT2D eigenvalue weighted by Gasteiger charge is 2.20. The monoisotopic (exact) mass is 432 g/mol. The quantitative estimate of drug-likeness (QED) is 0.612. The lowest BCUT2D eigenvalue weighted by Crippen LogP contribution is -2.28. The van der Waals surface area contributed by atoms with Crippen molar-refractivity contribution in [3.63, 3.8) is 0 Å². The fourth-order valence-electron chi connectivity index (χ4n) is 2.80. The van der Waals surface area contributed by atoms with Crippen molar-refractivity contribution in [3.05, 3.63) is 88.3 Å². The van der Waals surface area contributed by atoms with Crippen molar-refractivity contribution >= 4 is 27.5 Å². The lowest BCUT2D eigenvalue weighted by molar-refractivity contribution is 0.0784. The van der Waals surface area contributed by atoms with E-state index in [1.54, 1.807) is 44.3 Å². The molecule has 0 bridgehead atoms. The van der Waals surface area contributed by atoms with E-state index in [4.69, 9.17) is 16.0 Å². The van der Waals surface area contributed by atoms with Crippen LogP contribution in [0.1, 0.15) is 27.2 Å². The van der Waals surface area contributed by atoms with Gasteiger partial charge in [0.25, 0.3) is 5.91 Å². The third-order valence-electron chi connectivity index (χ3n) is 4.45. The van der Waals surface area contributed by atoms with Gasteiger partial charge >= 0.3 is 0 Å². The van der Waals surface area contributed by atoms with Crippen LogP contribution in [0, 0.1) is 6.92 Å². The van der Waals surface area contributed by atoms with E-state index in [2.05, 4.69) is 4.72 Å². The summed E-state index contributed by atoms with van der Waals surface area (Å²) in [6, 6.07) is 15.1. The van der Waals surface area contributed by atoms with Crippen LogP contribution in [0.15, 0.2) is 70.2 Å². The molecule has 29 heavy (non-hydrogen) atoms. The van der Waals surface area contributed by atoms with Crippen molar-refractivity contribution < 1.29 is 17.6 Å². The molecule has 1 heterocycles. The van der Waals surface area contributed by atoms with Crippen LogP contribution >= 0.6 is 11.6 Å². The van der Waals surface area contributed by atoms with Crippen molar-refractivity contribution in [2.45, 2.75) is 24.9 Å². The SMILES string of the molecule is Cc1ccc(S(=O)(=O)NCc2ccco2)cc1C(=O)N(C)Cc1ccc(Cl)cc1. The second kappa shape index (κ2) is 8.82. The lowest BCUT2D eigenvalue weighted by Gasteiger charge is -2.19. The van der Waals surface area contributed by atoms with Gasteiger partial charge in [0.05, 0.1) is 17.7 Å². The molecule has 0 aliphatic carbocycles. The van der Waals surface area contributed by atoms with Crippen molar-refractivity contribution in [1.29, 1.82) is 0 Å². The molecule has 3 aromatic rings. The number of nitrogens with one attached hydrogen (secondary N) is 1. The number of carbonyl (C=O) groups is 1. The highest BCUT2D eigenvalue weighted by molar-refractivity contribution is 7.89. The maximum absolute atomic E-state index is 12.9. The Bertz CT molecular complexity index is 1090. The number of carbonyl (C=O) groups excluding carboxylic acids is 1. The summed E-state index contributed by atoms with van der Waals surface area (Å²) in [7, 11) is -2.12. The molecule has 0 aliphatic heterocycles. The Balaban J connectivity index is 1.78. The van der Waals surface area contributed by atoms with E-state index < -0.39 is 10.0 Å². The first-order valence-electron chi connectivity index (χ1n) is 8.89. The molecule has 1 aromatic heterocycles. The van der Waals surface area contributed by atoms with Gasteiger partial charge < -0.3 is 9.32 Å². The minimum absolute atomic E-state index is 0.0258. The van der Waals surface area contributed by atoms with Crippen LogP contribution in [0.2, 0.25) is 5.02 Å². The first-order chi connectivity index (χ1) is 13.8. The van der Waals surface area contributed by atoms with Crippen molar-refractivity contribution in [3.8, 4) is 0 Å². The van der Waals surface area contributed by atoms with Crippen LogP contribution < -0.4 is 4.72 Å². The van der Waals surface area contributed by atoms with Gasteiger partial charge in [0.1, 0.15) is 5.76 Å². The van der Waals surface area contributed by atoms with Crippen LogP contribution in [0.4, 0.5) is 0 Å². The van der Waals surface area contributed by atoms with Gasteiger partial charge in [-0.1, -0.05) is 29.8 Å². The summed E-state index contributed by atoms with van der Waals surface area (Å²) in [4.78, 5) is 14.5. The number of halogens is 1. The number of benzene rings is 2. The third kappa shape index (κ3) is 5.26. The molecule has 0 atom stereocenters.